The number of ether oxygens (including phenoxy) is 1. The summed E-state index contributed by atoms with van der Waals surface area (Å²) in [4.78, 5) is 11.9. The van der Waals surface area contributed by atoms with Gasteiger partial charge in [0.05, 0.1) is 10.7 Å². The van der Waals surface area contributed by atoms with E-state index in [1.54, 1.807) is 24.3 Å². The van der Waals surface area contributed by atoms with Gasteiger partial charge in [0.15, 0.2) is 11.7 Å². The van der Waals surface area contributed by atoms with E-state index >= 15 is 0 Å². The van der Waals surface area contributed by atoms with Crippen molar-refractivity contribution in [3.8, 4) is 5.75 Å². The quantitative estimate of drug-likeness (QED) is 0.650. The fourth-order valence-corrected chi connectivity index (χ4v) is 2.98. The SMILES string of the molecule is Cc1cc(Br)ccc1OCC(=O)NC(=S)Nc1ccc(Cl)cc1Cl. The Morgan fingerprint density at radius 1 is 1.25 bits per heavy atom. The molecule has 0 radical (unpaired) electrons. The Morgan fingerprint density at radius 2 is 2.00 bits per heavy atom. The molecule has 0 heterocycles. The number of benzene rings is 2. The van der Waals surface area contributed by atoms with Crippen LogP contribution < -0.4 is 15.4 Å². The van der Waals surface area contributed by atoms with Crippen molar-refractivity contribution in [2.45, 2.75) is 6.92 Å². The Hall–Kier alpha value is -1.34. The number of aryl methyl sites for hydroxylation is 1. The monoisotopic (exact) mass is 446 g/mol. The van der Waals surface area contributed by atoms with Crippen molar-refractivity contribution in [2.75, 3.05) is 11.9 Å². The molecule has 0 bridgehead atoms. The van der Waals surface area contributed by atoms with Gasteiger partial charge < -0.3 is 10.1 Å². The summed E-state index contributed by atoms with van der Waals surface area (Å²) in [6, 6.07) is 10.5. The van der Waals surface area contributed by atoms with Gasteiger partial charge >= 0.3 is 0 Å². The predicted molar refractivity (Wildman–Crippen MR) is 105 cm³/mol. The van der Waals surface area contributed by atoms with Crippen LogP contribution in [-0.2, 0) is 4.79 Å². The predicted octanol–water partition coefficient (Wildman–Crippen LogP) is 4.96. The zero-order chi connectivity index (χ0) is 17.7. The number of nitrogens with one attached hydrogen (secondary N) is 2. The minimum atomic E-state index is -0.375. The molecule has 0 fully saturated rings. The van der Waals surface area contributed by atoms with Crippen LogP contribution >= 0.6 is 51.3 Å². The third kappa shape index (κ3) is 5.63. The van der Waals surface area contributed by atoms with Crippen molar-refractivity contribution in [3.63, 3.8) is 0 Å². The van der Waals surface area contributed by atoms with Crippen molar-refractivity contribution >= 4 is 68.1 Å². The van der Waals surface area contributed by atoms with Gasteiger partial charge in [-0.25, -0.2) is 0 Å². The van der Waals surface area contributed by atoms with Crippen LogP contribution in [0.3, 0.4) is 0 Å². The molecule has 0 saturated carbocycles. The van der Waals surface area contributed by atoms with Gasteiger partial charge in [0.25, 0.3) is 5.91 Å². The van der Waals surface area contributed by atoms with Gasteiger partial charge in [0.1, 0.15) is 5.75 Å². The maximum atomic E-state index is 11.9. The number of thiocarbonyl (C=S) groups is 1. The highest BCUT2D eigenvalue weighted by Crippen LogP contribution is 2.25. The minimum absolute atomic E-state index is 0.125. The fourth-order valence-electron chi connectivity index (χ4n) is 1.83. The molecule has 0 unspecified atom stereocenters. The van der Waals surface area contributed by atoms with Crippen LogP contribution in [-0.4, -0.2) is 17.6 Å². The molecule has 0 atom stereocenters. The van der Waals surface area contributed by atoms with E-state index < -0.39 is 0 Å². The van der Waals surface area contributed by atoms with E-state index in [2.05, 4.69) is 26.6 Å². The molecule has 0 spiro atoms. The van der Waals surface area contributed by atoms with Crippen LogP contribution in [0.2, 0.25) is 10.0 Å². The molecule has 8 heteroatoms. The molecule has 24 heavy (non-hydrogen) atoms. The van der Waals surface area contributed by atoms with Gasteiger partial charge in [-0.05, 0) is 61.1 Å². The molecule has 0 aromatic heterocycles. The lowest BCUT2D eigenvalue weighted by Gasteiger charge is -2.12. The maximum absolute atomic E-state index is 11.9. The Bertz CT molecular complexity index is 787. The molecule has 0 aliphatic rings. The number of rotatable bonds is 4. The number of hydrogen-bond acceptors (Lipinski definition) is 3. The van der Waals surface area contributed by atoms with Gasteiger partial charge in [0.2, 0.25) is 0 Å². The normalized spacial score (nSPS) is 10.2. The topological polar surface area (TPSA) is 50.4 Å². The Balaban J connectivity index is 1.86. The molecular formula is C16H13BrCl2N2O2S. The van der Waals surface area contributed by atoms with E-state index in [0.29, 0.717) is 21.5 Å². The standard InChI is InChI=1S/C16H13BrCl2N2O2S/c1-9-6-10(17)2-5-14(9)23-8-15(22)21-16(24)20-13-4-3-11(18)7-12(13)19/h2-7H,8H2,1H3,(H2,20,21,22,24). The Morgan fingerprint density at radius 3 is 2.67 bits per heavy atom. The Labute approximate surface area is 163 Å². The van der Waals surface area contributed by atoms with Crippen molar-refractivity contribution in [3.05, 3.63) is 56.5 Å². The van der Waals surface area contributed by atoms with E-state index in [1.165, 1.54) is 0 Å². The van der Waals surface area contributed by atoms with E-state index in [4.69, 9.17) is 40.2 Å². The van der Waals surface area contributed by atoms with Crippen LogP contribution in [0.15, 0.2) is 40.9 Å². The van der Waals surface area contributed by atoms with E-state index in [-0.39, 0.29) is 17.6 Å². The highest BCUT2D eigenvalue weighted by atomic mass is 79.9. The van der Waals surface area contributed by atoms with Crippen molar-refractivity contribution < 1.29 is 9.53 Å². The largest absolute Gasteiger partial charge is 0.483 e. The summed E-state index contributed by atoms with van der Waals surface area (Å²) in [7, 11) is 0. The number of carbonyl (C=O) groups is 1. The summed E-state index contributed by atoms with van der Waals surface area (Å²) >= 11 is 20.3. The molecular weight excluding hydrogens is 435 g/mol. The third-order valence-corrected chi connectivity index (χ3v) is 4.17. The van der Waals surface area contributed by atoms with Crippen molar-refractivity contribution in [2.24, 2.45) is 0 Å². The lowest BCUT2D eigenvalue weighted by molar-refractivity contribution is -0.121. The lowest BCUT2D eigenvalue weighted by atomic mass is 10.2. The minimum Gasteiger partial charge on any atom is -0.483 e. The second kappa shape index (κ2) is 8.67. The number of anilines is 1. The molecule has 4 nitrogen and oxygen atoms in total. The van der Waals surface area contributed by atoms with Gasteiger partial charge in [-0.3, -0.25) is 10.1 Å². The molecule has 2 aromatic rings. The number of amides is 1. The summed E-state index contributed by atoms with van der Waals surface area (Å²) < 4.78 is 6.43. The fraction of sp³-hybridized carbons (Fsp3) is 0.125. The first-order valence-electron chi connectivity index (χ1n) is 6.80. The molecule has 2 rings (SSSR count). The van der Waals surface area contributed by atoms with E-state index in [9.17, 15) is 4.79 Å². The first-order valence-corrected chi connectivity index (χ1v) is 8.75. The van der Waals surface area contributed by atoms with Crippen LogP contribution in [0.25, 0.3) is 0 Å². The number of carbonyl (C=O) groups excluding carboxylic acids is 1. The smallest absolute Gasteiger partial charge is 0.264 e. The average molecular weight is 448 g/mol. The second-order valence-corrected chi connectivity index (χ2v) is 6.99. The molecule has 1 amide bonds. The molecule has 0 aliphatic carbocycles. The van der Waals surface area contributed by atoms with Gasteiger partial charge in [0, 0.05) is 9.50 Å². The number of halogens is 3. The summed E-state index contributed by atoms with van der Waals surface area (Å²) in [5.74, 6) is 0.257. The molecule has 126 valence electrons. The zero-order valence-corrected chi connectivity index (χ0v) is 16.4. The second-order valence-electron chi connectivity index (χ2n) is 4.82. The van der Waals surface area contributed by atoms with Gasteiger partial charge in [-0.1, -0.05) is 39.1 Å². The van der Waals surface area contributed by atoms with Crippen LogP contribution in [0, 0.1) is 6.92 Å². The molecule has 2 N–H and O–H groups in total. The zero-order valence-electron chi connectivity index (χ0n) is 12.5. The molecule has 0 aliphatic heterocycles. The van der Waals surface area contributed by atoms with Crippen LogP contribution in [0.4, 0.5) is 5.69 Å². The summed E-state index contributed by atoms with van der Waals surface area (Å²) in [6.45, 7) is 1.74. The highest BCUT2D eigenvalue weighted by Gasteiger charge is 2.09. The summed E-state index contributed by atoms with van der Waals surface area (Å²) in [5.41, 5.74) is 1.47. The van der Waals surface area contributed by atoms with Crippen molar-refractivity contribution in [1.29, 1.82) is 0 Å². The number of hydrogen-bond donors (Lipinski definition) is 2. The summed E-state index contributed by atoms with van der Waals surface area (Å²) in [6.07, 6.45) is 0. The first kappa shape index (κ1) is 19.0. The van der Waals surface area contributed by atoms with Crippen molar-refractivity contribution in [1.82, 2.24) is 5.32 Å². The van der Waals surface area contributed by atoms with E-state index in [0.717, 1.165) is 10.0 Å². The van der Waals surface area contributed by atoms with Crippen LogP contribution in [0.1, 0.15) is 5.56 Å². The van der Waals surface area contributed by atoms with Gasteiger partial charge in [-0.15, -0.1) is 0 Å². The van der Waals surface area contributed by atoms with E-state index in [1.807, 2.05) is 19.1 Å². The lowest BCUT2D eigenvalue weighted by Crippen LogP contribution is -2.37. The highest BCUT2D eigenvalue weighted by molar-refractivity contribution is 9.10. The average Bonchev–Trinajstić information content (AvgIpc) is 2.49. The third-order valence-electron chi connectivity index (χ3n) is 2.93. The molecule has 0 saturated heterocycles. The van der Waals surface area contributed by atoms with Crippen LogP contribution in [0.5, 0.6) is 5.75 Å². The van der Waals surface area contributed by atoms with Gasteiger partial charge in [-0.2, -0.15) is 0 Å². The maximum Gasteiger partial charge on any atom is 0.264 e. The summed E-state index contributed by atoms with van der Waals surface area (Å²) in [5, 5.41) is 6.40. The Kier molecular flexibility index (Phi) is 6.86. The molecule has 2 aromatic carbocycles. The first-order chi connectivity index (χ1) is 11.3.